The topological polar surface area (TPSA) is 107 Å². The molecule has 2 heterocycles. The van der Waals surface area contributed by atoms with E-state index in [9.17, 15) is 14.7 Å². The zero-order valence-corrected chi connectivity index (χ0v) is 18.6. The first-order chi connectivity index (χ1) is 15.4. The molecule has 0 spiro atoms. The van der Waals surface area contributed by atoms with Gasteiger partial charge in [-0.15, -0.1) is 0 Å². The molecule has 9 heteroatoms. The first-order valence-electron chi connectivity index (χ1n) is 11.2. The molecule has 2 aliphatic carbocycles. The van der Waals surface area contributed by atoms with E-state index in [4.69, 9.17) is 9.47 Å². The minimum Gasteiger partial charge on any atom is -0.489 e. The van der Waals surface area contributed by atoms with Gasteiger partial charge in [0, 0.05) is 26.2 Å². The Morgan fingerprint density at radius 1 is 1.22 bits per heavy atom. The Morgan fingerprint density at radius 2 is 2.03 bits per heavy atom. The molecule has 0 saturated heterocycles. The number of carbonyl (C=O) groups is 2. The van der Waals surface area contributed by atoms with Crippen LogP contribution in [-0.4, -0.2) is 56.5 Å². The van der Waals surface area contributed by atoms with Crippen molar-refractivity contribution in [1.82, 2.24) is 19.7 Å². The fourth-order valence-corrected chi connectivity index (χ4v) is 4.13. The van der Waals surface area contributed by atoms with E-state index >= 15 is 0 Å². The van der Waals surface area contributed by atoms with Crippen LogP contribution in [0.4, 0.5) is 4.79 Å². The summed E-state index contributed by atoms with van der Waals surface area (Å²) in [7, 11) is 3.57. The highest BCUT2D eigenvalue weighted by Crippen LogP contribution is 2.30. The number of pyridine rings is 1. The number of rotatable bonds is 8. The van der Waals surface area contributed by atoms with Crippen LogP contribution in [0.25, 0.3) is 11.3 Å². The minimum atomic E-state index is -0.754. The van der Waals surface area contributed by atoms with Gasteiger partial charge in [-0.1, -0.05) is 0 Å². The molecule has 4 rings (SSSR count). The Morgan fingerprint density at radius 3 is 2.72 bits per heavy atom. The molecule has 2 atom stereocenters. The first-order valence-corrected chi connectivity index (χ1v) is 11.2. The third-order valence-electron chi connectivity index (χ3n) is 6.22. The van der Waals surface area contributed by atoms with Gasteiger partial charge in [0.1, 0.15) is 12.4 Å². The van der Waals surface area contributed by atoms with E-state index in [0.717, 1.165) is 30.6 Å². The lowest BCUT2D eigenvalue weighted by atomic mass is 9.87. The Kier molecular flexibility index (Phi) is 6.62. The molecule has 0 aliphatic heterocycles. The summed E-state index contributed by atoms with van der Waals surface area (Å²) in [6, 6.07) is 3.67. The minimum absolute atomic E-state index is 0.109. The van der Waals surface area contributed by atoms with Crippen LogP contribution >= 0.6 is 0 Å². The predicted octanol–water partition coefficient (Wildman–Crippen LogP) is 3.48. The number of ether oxygens (including phenoxy) is 2. The third-order valence-corrected chi connectivity index (χ3v) is 6.22. The average molecular weight is 443 g/mol. The van der Waals surface area contributed by atoms with Gasteiger partial charge in [-0.3, -0.25) is 14.5 Å². The summed E-state index contributed by atoms with van der Waals surface area (Å²) in [4.78, 5) is 29.7. The number of aromatic nitrogens is 3. The average Bonchev–Trinajstić information content (AvgIpc) is 3.53. The second-order valence-corrected chi connectivity index (χ2v) is 8.83. The molecule has 1 amide bonds. The Labute approximate surface area is 187 Å². The van der Waals surface area contributed by atoms with E-state index in [0.29, 0.717) is 30.2 Å². The summed E-state index contributed by atoms with van der Waals surface area (Å²) >= 11 is 0. The van der Waals surface area contributed by atoms with E-state index in [2.05, 4.69) is 10.1 Å². The number of nitrogens with zero attached hydrogens (tertiary/aromatic N) is 4. The molecule has 9 nitrogen and oxygen atoms in total. The summed E-state index contributed by atoms with van der Waals surface area (Å²) in [5, 5.41) is 13.6. The number of aryl methyl sites for hydroxylation is 1. The Balaban J connectivity index is 1.37. The lowest BCUT2D eigenvalue weighted by molar-refractivity contribution is -0.143. The van der Waals surface area contributed by atoms with E-state index in [1.165, 1.54) is 12.8 Å². The lowest BCUT2D eigenvalue weighted by Crippen LogP contribution is -2.29. The van der Waals surface area contributed by atoms with Gasteiger partial charge in [0.05, 0.1) is 35.8 Å². The van der Waals surface area contributed by atoms with Crippen LogP contribution in [0.1, 0.15) is 44.2 Å². The van der Waals surface area contributed by atoms with Crippen LogP contribution in [0.2, 0.25) is 0 Å². The van der Waals surface area contributed by atoms with Gasteiger partial charge in [-0.05, 0) is 56.6 Å². The standard InChI is InChI=1S/C23H30N4O5/c1-26(13-15-6-7-15)23(30)31-14-21-19(12-25-27(21)2)20-9-8-18(11-24-20)32-17-5-3-4-16(10-17)22(28)29/h8-9,11-12,15-17H,3-7,10,13-14H2,1-2H3,(H,28,29)/t16?,17-/m0/s1. The summed E-state index contributed by atoms with van der Waals surface area (Å²) in [5.41, 5.74) is 2.26. The molecular weight excluding hydrogens is 412 g/mol. The fraction of sp³-hybridized carbons (Fsp3) is 0.565. The first kappa shape index (κ1) is 22.1. The van der Waals surface area contributed by atoms with Crippen LogP contribution < -0.4 is 4.74 Å². The normalized spacial score (nSPS) is 20.6. The van der Waals surface area contributed by atoms with Crippen LogP contribution in [0, 0.1) is 11.8 Å². The van der Waals surface area contributed by atoms with Crippen LogP contribution in [0.3, 0.4) is 0 Å². The van der Waals surface area contributed by atoms with Gasteiger partial charge in [0.25, 0.3) is 0 Å². The van der Waals surface area contributed by atoms with Crippen LogP contribution in [-0.2, 0) is 23.2 Å². The SMILES string of the molecule is CN(CC1CC1)C(=O)OCc1c(-c2ccc(O[C@H]3CCCC(C(=O)O)C3)cn2)cnn1C. The molecule has 32 heavy (non-hydrogen) atoms. The molecular formula is C23H30N4O5. The van der Waals surface area contributed by atoms with Crippen molar-refractivity contribution in [3.05, 3.63) is 30.2 Å². The highest BCUT2D eigenvalue weighted by Gasteiger charge is 2.28. The highest BCUT2D eigenvalue weighted by molar-refractivity contribution is 5.70. The molecule has 2 aliphatic rings. The maximum absolute atomic E-state index is 12.3. The van der Waals surface area contributed by atoms with Crippen molar-refractivity contribution < 1.29 is 24.2 Å². The quantitative estimate of drug-likeness (QED) is 0.667. The largest absolute Gasteiger partial charge is 0.489 e. The Hall–Kier alpha value is -3.10. The van der Waals surface area contributed by atoms with Crippen molar-refractivity contribution in [2.24, 2.45) is 18.9 Å². The number of amides is 1. The second-order valence-electron chi connectivity index (χ2n) is 8.83. The maximum Gasteiger partial charge on any atom is 0.409 e. The van der Waals surface area contributed by atoms with Gasteiger partial charge in [-0.25, -0.2) is 4.79 Å². The fourth-order valence-electron chi connectivity index (χ4n) is 4.13. The molecule has 0 bridgehead atoms. The smallest absolute Gasteiger partial charge is 0.409 e. The van der Waals surface area contributed by atoms with Gasteiger partial charge < -0.3 is 19.5 Å². The second kappa shape index (κ2) is 9.58. The molecule has 2 aromatic rings. The zero-order chi connectivity index (χ0) is 22.7. The zero-order valence-electron chi connectivity index (χ0n) is 18.6. The lowest BCUT2D eigenvalue weighted by Gasteiger charge is -2.27. The van der Waals surface area contributed by atoms with Crippen molar-refractivity contribution in [1.29, 1.82) is 0 Å². The van der Waals surface area contributed by atoms with Gasteiger partial charge in [0.15, 0.2) is 0 Å². The third kappa shape index (κ3) is 5.38. The van der Waals surface area contributed by atoms with Crippen LogP contribution in [0.15, 0.2) is 24.5 Å². The van der Waals surface area contributed by atoms with Crippen molar-refractivity contribution >= 4 is 12.1 Å². The molecule has 0 radical (unpaired) electrons. The van der Waals surface area contributed by atoms with Gasteiger partial charge in [-0.2, -0.15) is 5.10 Å². The predicted molar refractivity (Wildman–Crippen MR) is 116 cm³/mol. The van der Waals surface area contributed by atoms with E-state index in [1.54, 1.807) is 36.1 Å². The van der Waals surface area contributed by atoms with Crippen molar-refractivity contribution in [2.45, 2.75) is 51.2 Å². The van der Waals surface area contributed by atoms with E-state index in [-0.39, 0.29) is 24.7 Å². The molecule has 172 valence electrons. The van der Waals surface area contributed by atoms with E-state index in [1.807, 2.05) is 12.1 Å². The Bertz CT molecular complexity index is 954. The number of hydrogen-bond acceptors (Lipinski definition) is 6. The van der Waals surface area contributed by atoms with Crippen molar-refractivity contribution in [3.63, 3.8) is 0 Å². The highest BCUT2D eigenvalue weighted by atomic mass is 16.6. The summed E-state index contributed by atoms with van der Waals surface area (Å²) in [5.74, 6) is 0.122. The molecule has 0 aromatic carbocycles. The van der Waals surface area contributed by atoms with E-state index < -0.39 is 5.97 Å². The molecule has 1 N–H and O–H groups in total. The number of carboxylic acid groups (broad SMARTS) is 1. The summed E-state index contributed by atoms with van der Waals surface area (Å²) in [6.07, 6.45) is 8.17. The van der Waals surface area contributed by atoms with Crippen molar-refractivity contribution in [2.75, 3.05) is 13.6 Å². The molecule has 1 unspecified atom stereocenters. The van der Waals surface area contributed by atoms with Crippen LogP contribution in [0.5, 0.6) is 5.75 Å². The molecule has 2 aromatic heterocycles. The summed E-state index contributed by atoms with van der Waals surface area (Å²) in [6.45, 7) is 0.840. The number of aliphatic carboxylic acids is 1. The van der Waals surface area contributed by atoms with Gasteiger partial charge >= 0.3 is 12.1 Å². The van der Waals surface area contributed by atoms with Crippen molar-refractivity contribution in [3.8, 4) is 17.0 Å². The number of hydrogen-bond donors (Lipinski definition) is 1. The monoisotopic (exact) mass is 442 g/mol. The maximum atomic E-state index is 12.3. The number of carboxylic acids is 1. The molecule has 2 saturated carbocycles. The molecule has 2 fully saturated rings. The number of carbonyl (C=O) groups excluding carboxylic acids is 1. The summed E-state index contributed by atoms with van der Waals surface area (Å²) < 4.78 is 13.2. The van der Waals surface area contributed by atoms with Gasteiger partial charge in [0.2, 0.25) is 0 Å².